The van der Waals surface area contributed by atoms with E-state index in [4.69, 9.17) is 16.3 Å². The number of likely N-dealkylation sites (N-methyl/N-ethyl adjacent to an activating group) is 1. The van der Waals surface area contributed by atoms with Gasteiger partial charge in [-0.15, -0.1) is 0 Å². The first kappa shape index (κ1) is 29.0. The van der Waals surface area contributed by atoms with Crippen LogP contribution in [0.1, 0.15) is 26.3 Å². The maximum atomic E-state index is 14.7. The number of benzene rings is 2. The fourth-order valence-electron chi connectivity index (χ4n) is 4.15. The third-order valence-corrected chi connectivity index (χ3v) is 6.31. The molecule has 3 aromatic rings. The number of para-hydroxylation sites is 1. The standard InChI is InChI=1S/C26H22ClF5N4O4/c1-25(2,3)40-24(39)35-12-18(22(37)34(4)17-10-9-15(28)20(27)21(17)29)36(23(35)38)19-11-14(26(30,31)32)13-7-5-6-8-16(13)33-19/h5-11,18H,12H2,1-4H3. The molecule has 1 fully saturated rings. The van der Waals surface area contributed by atoms with E-state index >= 15 is 0 Å². The fourth-order valence-corrected chi connectivity index (χ4v) is 4.31. The maximum Gasteiger partial charge on any atom is 0.418 e. The molecule has 0 saturated carbocycles. The molecule has 1 aliphatic heterocycles. The van der Waals surface area contributed by atoms with Crippen LogP contribution in [0.25, 0.3) is 10.9 Å². The fraction of sp³-hybridized carbons (Fsp3) is 0.308. The molecule has 1 unspecified atom stereocenters. The molecular formula is C26H22ClF5N4O4. The number of anilines is 2. The summed E-state index contributed by atoms with van der Waals surface area (Å²) in [7, 11) is 1.10. The van der Waals surface area contributed by atoms with E-state index in [9.17, 15) is 36.3 Å². The van der Waals surface area contributed by atoms with Crippen LogP contribution in [0.3, 0.4) is 0 Å². The number of carbonyl (C=O) groups is 3. The number of hydrogen-bond acceptors (Lipinski definition) is 5. The Bertz CT molecular complexity index is 1530. The summed E-state index contributed by atoms with van der Waals surface area (Å²) in [5.41, 5.74) is -2.79. The molecule has 4 amide bonds. The summed E-state index contributed by atoms with van der Waals surface area (Å²) in [6.45, 7) is 3.92. The Labute approximate surface area is 229 Å². The van der Waals surface area contributed by atoms with Crippen molar-refractivity contribution in [2.45, 2.75) is 38.6 Å². The van der Waals surface area contributed by atoms with Crippen molar-refractivity contribution < 1.29 is 41.1 Å². The normalized spacial score (nSPS) is 16.1. The van der Waals surface area contributed by atoms with E-state index in [1.54, 1.807) is 0 Å². The number of alkyl halides is 3. The molecule has 8 nitrogen and oxygen atoms in total. The number of carbonyl (C=O) groups excluding carboxylic acids is 3. The number of aromatic nitrogens is 1. The lowest BCUT2D eigenvalue weighted by atomic mass is 10.1. The first-order valence-corrected chi connectivity index (χ1v) is 12.1. The van der Waals surface area contributed by atoms with E-state index in [1.165, 1.54) is 45.0 Å². The van der Waals surface area contributed by atoms with E-state index in [0.29, 0.717) is 15.9 Å². The number of rotatable bonds is 3. The number of urea groups is 1. The molecule has 4 rings (SSSR count). The lowest BCUT2D eigenvalue weighted by Crippen LogP contribution is -2.47. The molecule has 1 saturated heterocycles. The lowest BCUT2D eigenvalue weighted by molar-refractivity contribution is -0.136. The van der Waals surface area contributed by atoms with Gasteiger partial charge >= 0.3 is 18.3 Å². The highest BCUT2D eigenvalue weighted by atomic mass is 35.5. The van der Waals surface area contributed by atoms with Crippen LogP contribution >= 0.6 is 11.6 Å². The van der Waals surface area contributed by atoms with Gasteiger partial charge in [0.25, 0.3) is 5.91 Å². The van der Waals surface area contributed by atoms with E-state index < -0.39 is 76.1 Å². The van der Waals surface area contributed by atoms with E-state index in [1.807, 2.05) is 0 Å². The molecule has 212 valence electrons. The molecule has 14 heteroatoms. The van der Waals surface area contributed by atoms with Crippen molar-refractivity contribution >= 4 is 52.0 Å². The Hall–Kier alpha value is -4.00. The monoisotopic (exact) mass is 584 g/mol. The molecule has 0 bridgehead atoms. The average Bonchev–Trinajstić information content (AvgIpc) is 3.21. The molecule has 0 radical (unpaired) electrons. The third-order valence-electron chi connectivity index (χ3n) is 5.96. The first-order chi connectivity index (χ1) is 18.5. The summed E-state index contributed by atoms with van der Waals surface area (Å²) in [4.78, 5) is 46.0. The van der Waals surface area contributed by atoms with Crippen LogP contribution in [0.2, 0.25) is 5.02 Å². The van der Waals surface area contributed by atoms with Crippen LogP contribution < -0.4 is 9.80 Å². The summed E-state index contributed by atoms with van der Waals surface area (Å²) < 4.78 is 75.7. The Balaban J connectivity index is 1.85. The summed E-state index contributed by atoms with van der Waals surface area (Å²) in [6.07, 6.45) is -6.02. The van der Waals surface area contributed by atoms with Crippen LogP contribution in [-0.4, -0.2) is 53.2 Å². The summed E-state index contributed by atoms with van der Waals surface area (Å²) in [5, 5.41) is -1.14. The zero-order valence-corrected chi connectivity index (χ0v) is 22.3. The smallest absolute Gasteiger partial charge is 0.418 e. The number of fused-ring (bicyclic) bond motifs is 1. The number of ether oxygens (including phenoxy) is 1. The predicted octanol–water partition coefficient (Wildman–Crippen LogP) is 6.39. The Morgan fingerprint density at radius 1 is 1.10 bits per heavy atom. The van der Waals surface area contributed by atoms with Crippen molar-refractivity contribution in [3.63, 3.8) is 0 Å². The third kappa shape index (κ3) is 5.37. The molecule has 2 heterocycles. The van der Waals surface area contributed by atoms with Gasteiger partial charge in [-0.1, -0.05) is 29.8 Å². The second kappa shape index (κ2) is 10.2. The van der Waals surface area contributed by atoms with Gasteiger partial charge in [-0.25, -0.2) is 28.3 Å². The van der Waals surface area contributed by atoms with Crippen molar-refractivity contribution in [1.29, 1.82) is 0 Å². The molecule has 0 N–H and O–H groups in total. The Kier molecular flexibility index (Phi) is 7.39. The highest BCUT2D eigenvalue weighted by molar-refractivity contribution is 6.31. The van der Waals surface area contributed by atoms with Gasteiger partial charge in [0.2, 0.25) is 0 Å². The number of nitrogens with zero attached hydrogens (tertiary/aromatic N) is 4. The van der Waals surface area contributed by atoms with Crippen molar-refractivity contribution in [2.75, 3.05) is 23.4 Å². The van der Waals surface area contributed by atoms with Gasteiger partial charge in [0.05, 0.1) is 23.3 Å². The number of halogens is 6. The van der Waals surface area contributed by atoms with Gasteiger partial charge in [-0.3, -0.25) is 9.69 Å². The zero-order valence-electron chi connectivity index (χ0n) is 21.5. The second-order valence-corrected chi connectivity index (χ2v) is 10.3. The van der Waals surface area contributed by atoms with E-state index in [-0.39, 0.29) is 10.9 Å². The van der Waals surface area contributed by atoms with Crippen LogP contribution in [0.5, 0.6) is 0 Å². The minimum Gasteiger partial charge on any atom is -0.443 e. The largest absolute Gasteiger partial charge is 0.443 e. The van der Waals surface area contributed by atoms with Gasteiger partial charge in [-0.2, -0.15) is 13.2 Å². The number of amides is 4. The van der Waals surface area contributed by atoms with Crippen LogP contribution in [0.15, 0.2) is 42.5 Å². The topological polar surface area (TPSA) is 83.1 Å². The Morgan fingerprint density at radius 3 is 2.38 bits per heavy atom. The van der Waals surface area contributed by atoms with E-state index in [2.05, 4.69) is 4.98 Å². The van der Waals surface area contributed by atoms with Crippen LogP contribution in [-0.2, 0) is 15.7 Å². The highest BCUT2D eigenvalue weighted by Crippen LogP contribution is 2.38. The quantitative estimate of drug-likeness (QED) is 0.263. The predicted molar refractivity (Wildman–Crippen MR) is 136 cm³/mol. The molecular weight excluding hydrogens is 563 g/mol. The molecule has 40 heavy (non-hydrogen) atoms. The molecule has 1 aliphatic rings. The molecule has 0 spiro atoms. The van der Waals surface area contributed by atoms with Crippen LogP contribution in [0.4, 0.5) is 43.0 Å². The molecule has 1 atom stereocenters. The highest BCUT2D eigenvalue weighted by Gasteiger charge is 2.49. The first-order valence-electron chi connectivity index (χ1n) is 11.7. The maximum absolute atomic E-state index is 14.7. The SMILES string of the molecule is CN(C(=O)C1CN(C(=O)OC(C)(C)C)C(=O)N1c1cc(C(F)(F)F)c2ccccc2n1)c1ccc(F)c(Cl)c1F. The minimum absolute atomic E-state index is 0.133. The Morgan fingerprint density at radius 2 is 1.75 bits per heavy atom. The van der Waals surface area contributed by atoms with E-state index in [0.717, 1.165) is 24.1 Å². The van der Waals surface area contributed by atoms with Gasteiger partial charge in [0.1, 0.15) is 28.3 Å². The number of imide groups is 1. The molecule has 1 aromatic heterocycles. The molecule has 0 aliphatic carbocycles. The van der Waals surface area contributed by atoms with Gasteiger partial charge in [0, 0.05) is 12.4 Å². The number of hydrogen-bond donors (Lipinski definition) is 0. The summed E-state index contributed by atoms with van der Waals surface area (Å²) in [5.74, 6) is -3.96. The van der Waals surface area contributed by atoms with Gasteiger partial charge in [0.15, 0.2) is 5.82 Å². The lowest BCUT2D eigenvalue weighted by Gasteiger charge is -2.27. The van der Waals surface area contributed by atoms with Crippen molar-refractivity contribution in [2.24, 2.45) is 0 Å². The summed E-state index contributed by atoms with van der Waals surface area (Å²) >= 11 is 5.64. The van der Waals surface area contributed by atoms with Gasteiger partial charge < -0.3 is 9.64 Å². The van der Waals surface area contributed by atoms with Crippen molar-refractivity contribution in [3.05, 3.63) is 64.7 Å². The molecule has 2 aromatic carbocycles. The van der Waals surface area contributed by atoms with Crippen molar-refractivity contribution in [1.82, 2.24) is 9.88 Å². The zero-order chi connectivity index (χ0) is 29.7. The minimum atomic E-state index is -4.87. The average molecular weight is 585 g/mol. The second-order valence-electron chi connectivity index (χ2n) is 9.89. The van der Waals surface area contributed by atoms with Crippen LogP contribution in [0, 0.1) is 11.6 Å². The summed E-state index contributed by atoms with van der Waals surface area (Å²) in [6, 6.07) is 4.80. The van der Waals surface area contributed by atoms with Crippen molar-refractivity contribution in [3.8, 4) is 0 Å². The number of pyridine rings is 1. The van der Waals surface area contributed by atoms with Gasteiger partial charge in [-0.05, 0) is 45.0 Å².